The van der Waals surface area contributed by atoms with Gasteiger partial charge in [0.1, 0.15) is 11.7 Å². The van der Waals surface area contributed by atoms with Gasteiger partial charge in [-0.25, -0.2) is 4.79 Å². The zero-order chi connectivity index (χ0) is 20.2. The third kappa shape index (κ3) is 3.09. The number of ether oxygens (including phenoxy) is 1. The van der Waals surface area contributed by atoms with Gasteiger partial charge >= 0.3 is 5.97 Å². The Morgan fingerprint density at radius 3 is 2.97 bits per heavy atom. The van der Waals surface area contributed by atoms with Gasteiger partial charge in [-0.2, -0.15) is 15.1 Å². The van der Waals surface area contributed by atoms with E-state index >= 15 is 0 Å². The van der Waals surface area contributed by atoms with Crippen molar-refractivity contribution in [3.63, 3.8) is 0 Å². The molecular formula is C19H23N7O3. The molecule has 3 N–H and O–H groups in total. The smallest absolute Gasteiger partial charge is 0.326 e. The molecule has 0 aromatic carbocycles. The number of nitrogens with zero attached hydrogens (tertiary/aromatic N) is 5. The highest BCUT2D eigenvalue weighted by Crippen LogP contribution is 2.47. The van der Waals surface area contributed by atoms with Gasteiger partial charge in [0, 0.05) is 43.4 Å². The molecule has 1 saturated heterocycles. The number of carboxylic acids is 1. The van der Waals surface area contributed by atoms with Gasteiger partial charge in [0.15, 0.2) is 5.82 Å². The molecule has 2 atom stereocenters. The van der Waals surface area contributed by atoms with E-state index in [0.29, 0.717) is 36.3 Å². The zero-order valence-corrected chi connectivity index (χ0v) is 16.3. The fraction of sp³-hybridized carbons (Fsp3) is 0.474. The predicted octanol–water partition coefficient (Wildman–Crippen LogP) is 1.93. The van der Waals surface area contributed by atoms with Crippen molar-refractivity contribution in [3.05, 3.63) is 30.1 Å². The Bertz CT molecular complexity index is 1070. The molecular weight excluding hydrogens is 374 g/mol. The lowest BCUT2D eigenvalue weighted by Crippen LogP contribution is -2.37. The van der Waals surface area contributed by atoms with Crippen LogP contribution in [-0.2, 0) is 14.9 Å². The molecule has 2 aliphatic rings. The lowest BCUT2D eigenvalue weighted by Gasteiger charge is -2.22. The number of aromatic amines is 1. The molecule has 3 aromatic rings. The summed E-state index contributed by atoms with van der Waals surface area (Å²) in [6.07, 6.45) is 4.38. The van der Waals surface area contributed by atoms with Crippen molar-refractivity contribution in [2.24, 2.45) is 0 Å². The van der Waals surface area contributed by atoms with Crippen LogP contribution in [0.4, 0.5) is 17.7 Å². The molecule has 0 unspecified atom stereocenters. The summed E-state index contributed by atoms with van der Waals surface area (Å²) in [6.45, 7) is 2.64. The lowest BCUT2D eigenvalue weighted by molar-refractivity contribution is -0.138. The highest BCUT2D eigenvalue weighted by molar-refractivity contribution is 5.78. The number of nitrogens with one attached hydrogen (secondary N) is 2. The maximum absolute atomic E-state index is 11.8. The lowest BCUT2D eigenvalue weighted by atomic mass is 10.1. The third-order valence-corrected chi connectivity index (χ3v) is 5.98. The number of hydrogen-bond donors (Lipinski definition) is 3. The minimum atomic E-state index is -0.910. The minimum absolute atomic E-state index is 0.174. The van der Waals surface area contributed by atoms with Crippen LogP contribution in [0.2, 0.25) is 0 Å². The first-order valence-electron chi connectivity index (χ1n) is 9.67. The number of methoxy groups -OCH3 is 1. The van der Waals surface area contributed by atoms with E-state index in [9.17, 15) is 9.90 Å². The summed E-state index contributed by atoms with van der Waals surface area (Å²) in [6, 6.07) is 5.01. The number of anilines is 3. The minimum Gasteiger partial charge on any atom is -0.480 e. The van der Waals surface area contributed by atoms with E-state index in [-0.39, 0.29) is 11.5 Å². The van der Waals surface area contributed by atoms with Gasteiger partial charge in [0.2, 0.25) is 11.9 Å². The van der Waals surface area contributed by atoms with Crippen LogP contribution in [0.25, 0.3) is 5.65 Å². The van der Waals surface area contributed by atoms with Crippen LogP contribution in [0.1, 0.15) is 31.9 Å². The second-order valence-corrected chi connectivity index (χ2v) is 8.04. The van der Waals surface area contributed by atoms with Gasteiger partial charge < -0.3 is 20.1 Å². The number of hydrogen-bond acceptors (Lipinski definition) is 7. The molecule has 4 heterocycles. The molecule has 29 heavy (non-hydrogen) atoms. The monoisotopic (exact) mass is 397 g/mol. The summed E-state index contributed by atoms with van der Waals surface area (Å²) >= 11 is 0. The fourth-order valence-corrected chi connectivity index (χ4v) is 3.82. The maximum atomic E-state index is 11.8. The standard InChI is InChI=1S/C19H23N7O3/c1-19(5-6-19)13-9-14(24-23-13)20-17-22-18(21-15-4-3-7-25(15)17)26-10-11(29-2)8-12(26)16(27)28/h3-4,7,9,11-12H,5-6,8,10H2,1-2H3,(H,27,28)(H2,20,21,22,23,24)/t11-,12+/m1/s1. The second-order valence-electron chi connectivity index (χ2n) is 8.04. The van der Waals surface area contributed by atoms with Crippen molar-refractivity contribution >= 4 is 29.3 Å². The molecule has 3 aromatic heterocycles. The Morgan fingerprint density at radius 2 is 2.24 bits per heavy atom. The summed E-state index contributed by atoms with van der Waals surface area (Å²) in [4.78, 5) is 22.6. The normalized spacial score (nSPS) is 22.9. The van der Waals surface area contributed by atoms with E-state index < -0.39 is 12.0 Å². The van der Waals surface area contributed by atoms with Crippen molar-refractivity contribution < 1.29 is 14.6 Å². The molecule has 1 aliphatic carbocycles. The molecule has 0 radical (unpaired) electrons. The number of aliphatic carboxylic acids is 1. The van der Waals surface area contributed by atoms with Gasteiger partial charge in [0.05, 0.1) is 6.10 Å². The molecule has 152 valence electrons. The van der Waals surface area contributed by atoms with Crippen LogP contribution in [0.5, 0.6) is 0 Å². The number of H-pyrrole nitrogens is 1. The Hall–Kier alpha value is -3.14. The second kappa shape index (κ2) is 6.45. The van der Waals surface area contributed by atoms with Crippen LogP contribution in [0, 0.1) is 0 Å². The van der Waals surface area contributed by atoms with E-state index in [1.54, 1.807) is 12.0 Å². The van der Waals surface area contributed by atoms with Crippen molar-refractivity contribution in [1.29, 1.82) is 0 Å². The number of rotatable bonds is 6. The Labute approximate surface area is 166 Å². The Kier molecular flexibility index (Phi) is 3.98. The predicted molar refractivity (Wildman–Crippen MR) is 106 cm³/mol. The maximum Gasteiger partial charge on any atom is 0.326 e. The molecule has 0 amide bonds. The van der Waals surface area contributed by atoms with E-state index in [1.807, 2.05) is 28.8 Å². The highest BCUT2D eigenvalue weighted by Gasteiger charge is 2.41. The van der Waals surface area contributed by atoms with Crippen LogP contribution >= 0.6 is 0 Å². The Balaban J connectivity index is 1.50. The number of fused-ring (bicyclic) bond motifs is 1. The highest BCUT2D eigenvalue weighted by atomic mass is 16.5. The molecule has 10 nitrogen and oxygen atoms in total. The van der Waals surface area contributed by atoms with Crippen LogP contribution < -0.4 is 10.2 Å². The number of carboxylic acid groups (broad SMARTS) is 1. The van der Waals surface area contributed by atoms with Gasteiger partial charge in [-0.15, -0.1) is 0 Å². The SMILES string of the molecule is CO[C@@H]1C[C@@H](C(=O)O)N(c2nc(Nc3cc(C4(C)CC4)[nH]n3)n3cccc3n2)C1. The van der Waals surface area contributed by atoms with Crippen LogP contribution in [-0.4, -0.2) is 61.4 Å². The van der Waals surface area contributed by atoms with E-state index in [2.05, 4.69) is 32.4 Å². The van der Waals surface area contributed by atoms with Gasteiger partial charge in [-0.1, -0.05) is 6.92 Å². The molecule has 2 fully saturated rings. The average molecular weight is 397 g/mol. The summed E-state index contributed by atoms with van der Waals surface area (Å²) in [5.41, 5.74) is 1.96. The van der Waals surface area contributed by atoms with Gasteiger partial charge in [-0.05, 0) is 25.0 Å². The van der Waals surface area contributed by atoms with Crippen molar-refractivity contribution in [1.82, 2.24) is 24.6 Å². The topological polar surface area (TPSA) is 121 Å². The summed E-state index contributed by atoms with van der Waals surface area (Å²) in [7, 11) is 1.59. The van der Waals surface area contributed by atoms with Crippen molar-refractivity contribution in [3.8, 4) is 0 Å². The van der Waals surface area contributed by atoms with Crippen molar-refractivity contribution in [2.75, 3.05) is 23.9 Å². The largest absolute Gasteiger partial charge is 0.480 e. The number of aromatic nitrogens is 5. The van der Waals surface area contributed by atoms with Crippen LogP contribution in [0.15, 0.2) is 24.4 Å². The third-order valence-electron chi connectivity index (χ3n) is 5.98. The van der Waals surface area contributed by atoms with E-state index in [1.165, 1.54) is 0 Å². The van der Waals surface area contributed by atoms with Gasteiger partial charge in [0.25, 0.3) is 0 Å². The Morgan fingerprint density at radius 1 is 1.41 bits per heavy atom. The van der Waals surface area contributed by atoms with Gasteiger partial charge in [-0.3, -0.25) is 9.50 Å². The molecule has 10 heteroatoms. The van der Waals surface area contributed by atoms with Crippen molar-refractivity contribution in [2.45, 2.75) is 43.7 Å². The average Bonchev–Trinajstić information content (AvgIpc) is 3.16. The first-order chi connectivity index (χ1) is 14.0. The molecule has 5 rings (SSSR count). The fourth-order valence-electron chi connectivity index (χ4n) is 3.82. The summed E-state index contributed by atoms with van der Waals surface area (Å²) in [5, 5.41) is 20.4. The molecule has 1 aliphatic heterocycles. The zero-order valence-electron chi connectivity index (χ0n) is 16.3. The summed E-state index contributed by atoms with van der Waals surface area (Å²) in [5.74, 6) is 0.640. The summed E-state index contributed by atoms with van der Waals surface area (Å²) < 4.78 is 7.20. The quantitative estimate of drug-likeness (QED) is 0.577. The molecule has 0 spiro atoms. The first-order valence-corrected chi connectivity index (χ1v) is 9.67. The molecule has 0 bridgehead atoms. The van der Waals surface area contributed by atoms with E-state index in [4.69, 9.17) is 4.74 Å². The molecule has 1 saturated carbocycles. The van der Waals surface area contributed by atoms with Crippen LogP contribution in [0.3, 0.4) is 0 Å². The first kappa shape index (κ1) is 17.9. The number of carbonyl (C=O) groups is 1. The van der Waals surface area contributed by atoms with E-state index in [0.717, 1.165) is 18.5 Å².